The van der Waals surface area contributed by atoms with Crippen LogP contribution in [0.5, 0.6) is 0 Å². The molecule has 146 valence electrons. The predicted octanol–water partition coefficient (Wildman–Crippen LogP) is 5.81. The van der Waals surface area contributed by atoms with Crippen molar-refractivity contribution in [3.05, 3.63) is 0 Å². The van der Waals surface area contributed by atoms with Crippen molar-refractivity contribution in [2.24, 2.45) is 22.2 Å². The van der Waals surface area contributed by atoms with E-state index in [2.05, 4.69) is 40.3 Å². The molecule has 1 saturated carbocycles. The lowest BCUT2D eigenvalue weighted by molar-refractivity contribution is -0.155. The summed E-state index contributed by atoms with van der Waals surface area (Å²) in [6.07, 6.45) is 5.87. The number of hydrogen-bond acceptors (Lipinski definition) is 4. The molecule has 1 aliphatic rings. The summed E-state index contributed by atoms with van der Waals surface area (Å²) in [6.45, 7) is 14.8. The highest BCUT2D eigenvalue weighted by Gasteiger charge is 2.42. The first-order valence-corrected chi connectivity index (χ1v) is 10.2. The Bertz CT molecular complexity index is 458. The third-order valence-electron chi connectivity index (χ3n) is 5.08. The van der Waals surface area contributed by atoms with Gasteiger partial charge < -0.3 is 4.74 Å². The van der Waals surface area contributed by atoms with Crippen molar-refractivity contribution in [1.29, 1.82) is 0 Å². The maximum atomic E-state index is 12.5. The van der Waals surface area contributed by atoms with E-state index in [0.29, 0.717) is 12.8 Å². The molecular weight excluding hydrogens is 332 g/mol. The fourth-order valence-corrected chi connectivity index (χ4v) is 4.57. The summed E-state index contributed by atoms with van der Waals surface area (Å²) in [5.74, 6) is 0.148. The van der Waals surface area contributed by atoms with E-state index < -0.39 is 0 Å². The molecule has 1 fully saturated rings. The van der Waals surface area contributed by atoms with Gasteiger partial charge in [-0.25, -0.2) is 0 Å². The van der Waals surface area contributed by atoms with Crippen LogP contribution in [0.25, 0.3) is 0 Å². The number of unbranched alkanes of at least 4 members (excludes halogenated alkanes) is 1. The second kappa shape index (κ2) is 8.45. The van der Waals surface area contributed by atoms with Gasteiger partial charge in [0.05, 0.1) is 5.92 Å². The Morgan fingerprint density at radius 2 is 1.60 bits per heavy atom. The second-order valence-electron chi connectivity index (χ2n) is 10.4. The van der Waals surface area contributed by atoms with Gasteiger partial charge in [-0.1, -0.05) is 48.5 Å². The number of thiol groups is 1. The molecule has 0 heterocycles. The number of ketones is 1. The topological polar surface area (TPSA) is 43.4 Å². The summed E-state index contributed by atoms with van der Waals surface area (Å²) >= 11 is 4.43. The third-order valence-corrected chi connectivity index (χ3v) is 5.45. The normalized spacial score (nSPS) is 21.6. The number of Topliss-reactive ketones (excluding diaryl/α,β-unsaturated/α-hetero) is 1. The van der Waals surface area contributed by atoms with Crippen molar-refractivity contribution in [1.82, 2.24) is 0 Å². The smallest absolute Gasteiger partial charge is 0.310 e. The quantitative estimate of drug-likeness (QED) is 0.266. The Morgan fingerprint density at radius 3 is 2.08 bits per heavy atom. The molecule has 4 heteroatoms. The van der Waals surface area contributed by atoms with E-state index in [1.807, 2.05) is 20.8 Å². The first-order valence-electron chi connectivity index (χ1n) is 9.64. The molecule has 0 spiro atoms. The molecular formula is C21H38O3S. The van der Waals surface area contributed by atoms with Crippen LogP contribution in [-0.2, 0) is 14.3 Å². The van der Waals surface area contributed by atoms with Crippen molar-refractivity contribution < 1.29 is 14.3 Å². The summed E-state index contributed by atoms with van der Waals surface area (Å²) in [5.41, 5.74) is -0.297. The number of ether oxygens (including phenoxy) is 1. The molecule has 1 aliphatic carbocycles. The summed E-state index contributed by atoms with van der Waals surface area (Å²) in [4.78, 5) is 24.4. The van der Waals surface area contributed by atoms with Crippen LogP contribution in [-0.4, -0.2) is 17.2 Å². The van der Waals surface area contributed by atoms with E-state index in [-0.39, 0.29) is 39.4 Å². The summed E-state index contributed by atoms with van der Waals surface area (Å²) in [7, 11) is 0. The minimum absolute atomic E-state index is 0.0316. The molecule has 0 aliphatic heterocycles. The van der Waals surface area contributed by atoms with Crippen LogP contribution in [0.3, 0.4) is 0 Å². The molecule has 0 radical (unpaired) electrons. The maximum absolute atomic E-state index is 12.5. The minimum Gasteiger partial charge on any atom is -0.451 e. The van der Waals surface area contributed by atoms with Crippen molar-refractivity contribution in [2.45, 2.75) is 98.8 Å². The number of carbonyl (C=O) groups excluding carboxylic acids is 2. The van der Waals surface area contributed by atoms with Crippen LogP contribution < -0.4 is 0 Å². The highest BCUT2D eigenvalue weighted by Crippen LogP contribution is 2.48. The zero-order valence-corrected chi connectivity index (χ0v) is 18.2. The zero-order chi connectivity index (χ0) is 19.5. The molecule has 0 saturated heterocycles. The Morgan fingerprint density at radius 1 is 1.08 bits per heavy atom. The standard InChI is InChI=1S/C21H38O3S/c1-19(2,3)16(22)10-8-9-11-17(25)24-18(23)15-12-20(4,5)14-21(6,7)13-15/h15,17,25H,8-14H2,1-7H3. The van der Waals surface area contributed by atoms with Crippen LogP contribution >= 0.6 is 12.6 Å². The molecule has 0 N–H and O–H groups in total. The zero-order valence-electron chi connectivity index (χ0n) is 17.3. The largest absolute Gasteiger partial charge is 0.451 e. The Kier molecular flexibility index (Phi) is 7.62. The van der Waals surface area contributed by atoms with Gasteiger partial charge in [-0.05, 0) is 49.4 Å². The third kappa shape index (κ3) is 8.15. The number of rotatable bonds is 7. The molecule has 1 rings (SSSR count). The van der Waals surface area contributed by atoms with E-state index >= 15 is 0 Å². The van der Waals surface area contributed by atoms with Crippen molar-refractivity contribution in [2.75, 3.05) is 0 Å². The molecule has 0 aromatic carbocycles. The molecule has 1 atom stereocenters. The molecule has 1 unspecified atom stereocenters. The Hall–Kier alpha value is -0.510. The highest BCUT2D eigenvalue weighted by molar-refractivity contribution is 7.80. The van der Waals surface area contributed by atoms with Gasteiger partial charge in [-0.15, -0.1) is 12.6 Å². The van der Waals surface area contributed by atoms with Gasteiger partial charge in [0.2, 0.25) is 0 Å². The van der Waals surface area contributed by atoms with Crippen molar-refractivity contribution in [3.63, 3.8) is 0 Å². The number of hydrogen-bond donors (Lipinski definition) is 1. The Labute approximate surface area is 160 Å². The van der Waals surface area contributed by atoms with Crippen LogP contribution in [0.15, 0.2) is 0 Å². The van der Waals surface area contributed by atoms with Crippen molar-refractivity contribution in [3.8, 4) is 0 Å². The van der Waals surface area contributed by atoms with Crippen LogP contribution in [0.1, 0.15) is 93.4 Å². The van der Waals surface area contributed by atoms with Gasteiger partial charge in [0, 0.05) is 11.8 Å². The Balaban J connectivity index is 2.38. The minimum atomic E-state index is -0.370. The van der Waals surface area contributed by atoms with E-state index in [9.17, 15) is 9.59 Å². The van der Waals surface area contributed by atoms with Gasteiger partial charge >= 0.3 is 5.97 Å². The lowest BCUT2D eigenvalue weighted by atomic mass is 9.61. The molecule has 0 amide bonds. The molecule has 0 aromatic heterocycles. The summed E-state index contributed by atoms with van der Waals surface area (Å²) in [5, 5.41) is 0. The monoisotopic (exact) mass is 370 g/mol. The average Bonchev–Trinajstić information content (AvgIpc) is 2.38. The van der Waals surface area contributed by atoms with Crippen molar-refractivity contribution >= 4 is 24.4 Å². The first-order chi connectivity index (χ1) is 11.2. The fraction of sp³-hybridized carbons (Fsp3) is 0.905. The van der Waals surface area contributed by atoms with E-state index in [4.69, 9.17) is 4.74 Å². The summed E-state index contributed by atoms with van der Waals surface area (Å²) in [6, 6.07) is 0. The highest BCUT2D eigenvalue weighted by atomic mass is 32.1. The van der Waals surface area contributed by atoms with E-state index in [0.717, 1.165) is 32.1 Å². The van der Waals surface area contributed by atoms with Gasteiger partial charge in [0.15, 0.2) is 0 Å². The van der Waals surface area contributed by atoms with Gasteiger partial charge in [0.1, 0.15) is 11.2 Å². The fourth-order valence-electron chi connectivity index (χ4n) is 4.28. The average molecular weight is 371 g/mol. The van der Waals surface area contributed by atoms with E-state index in [1.54, 1.807) is 0 Å². The lowest BCUT2D eigenvalue weighted by Crippen LogP contribution is -2.38. The first kappa shape index (κ1) is 22.5. The molecule has 25 heavy (non-hydrogen) atoms. The van der Waals surface area contributed by atoms with Crippen LogP contribution in [0.2, 0.25) is 0 Å². The molecule has 0 aromatic rings. The lowest BCUT2D eigenvalue weighted by Gasteiger charge is -2.44. The SMILES string of the molecule is CC1(C)CC(C(=O)OC(S)CCCCC(=O)C(C)(C)C)CC(C)(C)C1. The maximum Gasteiger partial charge on any atom is 0.310 e. The van der Waals surface area contributed by atoms with Gasteiger partial charge in [-0.3, -0.25) is 9.59 Å². The number of esters is 1. The molecule has 0 bridgehead atoms. The van der Waals surface area contributed by atoms with Gasteiger partial charge in [-0.2, -0.15) is 0 Å². The van der Waals surface area contributed by atoms with Gasteiger partial charge in [0.25, 0.3) is 0 Å². The van der Waals surface area contributed by atoms with Crippen LogP contribution in [0, 0.1) is 22.2 Å². The number of carbonyl (C=O) groups is 2. The summed E-state index contributed by atoms with van der Waals surface area (Å²) < 4.78 is 5.59. The van der Waals surface area contributed by atoms with E-state index in [1.165, 1.54) is 0 Å². The van der Waals surface area contributed by atoms with Crippen LogP contribution in [0.4, 0.5) is 0 Å². The molecule has 3 nitrogen and oxygen atoms in total. The predicted molar refractivity (Wildman–Crippen MR) is 107 cm³/mol. The second-order valence-corrected chi connectivity index (χ2v) is 11.0.